The Morgan fingerprint density at radius 3 is 2.46 bits per heavy atom. The highest BCUT2D eigenvalue weighted by Crippen LogP contribution is 2.30. The number of benzene rings is 2. The first kappa shape index (κ1) is 20.1. The Kier molecular flexibility index (Phi) is 6.52. The Bertz CT molecular complexity index is 943. The van der Waals surface area contributed by atoms with E-state index in [1.807, 2.05) is 31.2 Å². The molecule has 0 atom stereocenters. The Morgan fingerprint density at radius 2 is 1.79 bits per heavy atom. The third-order valence-corrected chi connectivity index (χ3v) is 7.10. The van der Waals surface area contributed by atoms with Crippen LogP contribution in [-0.2, 0) is 14.6 Å². The monoisotopic (exact) mass is 399 g/mol. The molecule has 28 heavy (non-hydrogen) atoms. The minimum Gasteiger partial charge on any atom is -0.493 e. The standard InChI is InChI=1S/C22H25NO4S/c1-2-27-21-10-6-3-7-17(21)11-16-22(24)23-18-12-14-20(15-13-18)28(25,26)19-8-4-5-9-19/h3,6-7,10-16,19H,2,4-5,8-9H2,1H3,(H,23,24)/b16-11+. The van der Waals surface area contributed by atoms with Crippen LogP contribution in [0.2, 0.25) is 0 Å². The van der Waals surface area contributed by atoms with Crippen molar-refractivity contribution in [1.82, 2.24) is 0 Å². The predicted octanol–water partition coefficient (Wildman–Crippen LogP) is 4.45. The van der Waals surface area contributed by atoms with Crippen molar-refractivity contribution in [3.63, 3.8) is 0 Å². The molecule has 148 valence electrons. The highest BCUT2D eigenvalue weighted by atomic mass is 32.2. The lowest BCUT2D eigenvalue weighted by Gasteiger charge is -2.11. The van der Waals surface area contributed by atoms with Gasteiger partial charge in [-0.2, -0.15) is 0 Å². The second-order valence-electron chi connectivity index (χ2n) is 6.77. The van der Waals surface area contributed by atoms with Crippen LogP contribution >= 0.6 is 0 Å². The van der Waals surface area contributed by atoms with E-state index < -0.39 is 9.84 Å². The van der Waals surface area contributed by atoms with Gasteiger partial charge in [-0.1, -0.05) is 31.0 Å². The molecule has 1 saturated carbocycles. The van der Waals surface area contributed by atoms with Gasteiger partial charge in [0.25, 0.3) is 0 Å². The number of ether oxygens (including phenoxy) is 1. The summed E-state index contributed by atoms with van der Waals surface area (Å²) in [5.41, 5.74) is 1.37. The molecule has 6 heteroatoms. The molecular formula is C22H25NO4S. The van der Waals surface area contributed by atoms with E-state index >= 15 is 0 Å². The van der Waals surface area contributed by atoms with E-state index in [1.165, 1.54) is 6.08 Å². The molecule has 0 bridgehead atoms. The normalized spacial score (nSPS) is 15.0. The number of amides is 1. The minimum atomic E-state index is -3.28. The van der Waals surface area contributed by atoms with Gasteiger partial charge in [-0.25, -0.2) is 8.42 Å². The van der Waals surface area contributed by atoms with Crippen molar-refractivity contribution in [3.05, 3.63) is 60.2 Å². The van der Waals surface area contributed by atoms with Gasteiger partial charge in [0.05, 0.1) is 16.8 Å². The van der Waals surface area contributed by atoms with Gasteiger partial charge < -0.3 is 10.1 Å². The van der Waals surface area contributed by atoms with Crippen molar-refractivity contribution >= 4 is 27.5 Å². The maximum absolute atomic E-state index is 12.6. The van der Waals surface area contributed by atoms with Crippen LogP contribution in [0.25, 0.3) is 6.08 Å². The zero-order valence-electron chi connectivity index (χ0n) is 15.9. The van der Waals surface area contributed by atoms with Gasteiger partial charge in [0.1, 0.15) is 5.75 Å². The lowest BCUT2D eigenvalue weighted by atomic mass is 10.2. The molecule has 1 aliphatic carbocycles. The number of para-hydroxylation sites is 1. The van der Waals surface area contributed by atoms with Crippen LogP contribution in [0.15, 0.2) is 59.5 Å². The van der Waals surface area contributed by atoms with Gasteiger partial charge in [0, 0.05) is 17.3 Å². The van der Waals surface area contributed by atoms with E-state index in [0.29, 0.717) is 17.2 Å². The van der Waals surface area contributed by atoms with Crippen molar-refractivity contribution in [3.8, 4) is 5.75 Å². The summed E-state index contributed by atoms with van der Waals surface area (Å²) in [4.78, 5) is 12.5. The number of carbonyl (C=O) groups is 1. The maximum Gasteiger partial charge on any atom is 0.248 e. The second kappa shape index (κ2) is 9.06. The first-order valence-corrected chi connectivity index (χ1v) is 11.1. The number of nitrogens with one attached hydrogen (secondary N) is 1. The molecule has 0 saturated heterocycles. The molecule has 1 aliphatic rings. The number of carbonyl (C=O) groups excluding carboxylic acids is 1. The topological polar surface area (TPSA) is 72.5 Å². The Balaban J connectivity index is 1.65. The summed E-state index contributed by atoms with van der Waals surface area (Å²) in [7, 11) is -3.28. The molecule has 1 fully saturated rings. The lowest BCUT2D eigenvalue weighted by molar-refractivity contribution is -0.111. The summed E-state index contributed by atoms with van der Waals surface area (Å²) in [5, 5.41) is 2.47. The van der Waals surface area contributed by atoms with Crippen molar-refractivity contribution in [2.75, 3.05) is 11.9 Å². The largest absolute Gasteiger partial charge is 0.493 e. The molecule has 0 unspecified atom stereocenters. The molecule has 2 aromatic carbocycles. The summed E-state index contributed by atoms with van der Waals surface area (Å²) in [6, 6.07) is 13.9. The van der Waals surface area contributed by atoms with Crippen molar-refractivity contribution in [2.24, 2.45) is 0 Å². The Morgan fingerprint density at radius 1 is 1.11 bits per heavy atom. The molecule has 0 aliphatic heterocycles. The van der Waals surface area contributed by atoms with E-state index in [-0.39, 0.29) is 11.2 Å². The lowest BCUT2D eigenvalue weighted by Crippen LogP contribution is -2.17. The van der Waals surface area contributed by atoms with Gasteiger partial charge in [-0.15, -0.1) is 0 Å². The highest BCUT2D eigenvalue weighted by Gasteiger charge is 2.30. The van der Waals surface area contributed by atoms with Gasteiger partial charge in [0.15, 0.2) is 9.84 Å². The first-order chi connectivity index (χ1) is 13.5. The quantitative estimate of drug-likeness (QED) is 0.698. The first-order valence-electron chi connectivity index (χ1n) is 9.55. The number of anilines is 1. The molecular weight excluding hydrogens is 374 g/mol. The van der Waals surface area contributed by atoms with E-state index in [1.54, 1.807) is 30.3 Å². The van der Waals surface area contributed by atoms with E-state index in [0.717, 1.165) is 37.0 Å². The Labute approximate surface area is 166 Å². The fraction of sp³-hybridized carbons (Fsp3) is 0.318. The van der Waals surface area contributed by atoms with E-state index in [4.69, 9.17) is 4.74 Å². The minimum absolute atomic E-state index is 0.277. The average Bonchev–Trinajstić information content (AvgIpc) is 3.24. The molecule has 1 amide bonds. The van der Waals surface area contributed by atoms with Crippen LogP contribution in [0.3, 0.4) is 0 Å². The molecule has 2 aromatic rings. The molecule has 0 spiro atoms. The van der Waals surface area contributed by atoms with Crippen molar-refractivity contribution < 1.29 is 17.9 Å². The number of hydrogen-bond donors (Lipinski definition) is 1. The Hall–Kier alpha value is -2.60. The summed E-state index contributed by atoms with van der Waals surface area (Å²) < 4.78 is 30.7. The number of hydrogen-bond acceptors (Lipinski definition) is 4. The zero-order chi connectivity index (χ0) is 20.0. The third kappa shape index (κ3) is 4.81. The molecule has 0 radical (unpaired) electrons. The van der Waals surface area contributed by atoms with Crippen molar-refractivity contribution in [2.45, 2.75) is 42.8 Å². The average molecular weight is 400 g/mol. The van der Waals surface area contributed by atoms with Gasteiger partial charge in [0.2, 0.25) is 5.91 Å². The number of rotatable bonds is 7. The summed E-state index contributed by atoms with van der Waals surface area (Å²) in [5.74, 6) is 0.424. The van der Waals surface area contributed by atoms with Crippen LogP contribution in [0.5, 0.6) is 5.75 Å². The predicted molar refractivity (Wildman–Crippen MR) is 111 cm³/mol. The van der Waals surface area contributed by atoms with E-state index in [2.05, 4.69) is 5.32 Å². The molecule has 3 rings (SSSR count). The van der Waals surface area contributed by atoms with Crippen molar-refractivity contribution in [1.29, 1.82) is 0 Å². The second-order valence-corrected chi connectivity index (χ2v) is 9.00. The van der Waals surface area contributed by atoms with Crippen LogP contribution in [0.1, 0.15) is 38.2 Å². The highest BCUT2D eigenvalue weighted by molar-refractivity contribution is 7.92. The SMILES string of the molecule is CCOc1ccccc1/C=C/C(=O)Nc1ccc(S(=O)(=O)C2CCCC2)cc1. The molecule has 1 N–H and O–H groups in total. The van der Waals surface area contributed by atoms with Crippen LogP contribution in [0.4, 0.5) is 5.69 Å². The van der Waals surface area contributed by atoms with Crippen LogP contribution < -0.4 is 10.1 Å². The van der Waals surface area contributed by atoms with Gasteiger partial charge in [-0.3, -0.25) is 4.79 Å². The summed E-state index contributed by atoms with van der Waals surface area (Å²) >= 11 is 0. The fourth-order valence-corrected chi connectivity index (χ4v) is 5.23. The molecule has 5 nitrogen and oxygen atoms in total. The van der Waals surface area contributed by atoms with Gasteiger partial charge >= 0.3 is 0 Å². The van der Waals surface area contributed by atoms with Crippen LogP contribution in [-0.4, -0.2) is 26.2 Å². The van der Waals surface area contributed by atoms with E-state index in [9.17, 15) is 13.2 Å². The maximum atomic E-state index is 12.6. The number of sulfone groups is 1. The molecule has 0 heterocycles. The summed E-state index contributed by atoms with van der Waals surface area (Å²) in [6.07, 6.45) is 6.53. The summed E-state index contributed by atoms with van der Waals surface area (Å²) in [6.45, 7) is 2.46. The molecule has 0 aromatic heterocycles. The third-order valence-electron chi connectivity index (χ3n) is 4.82. The zero-order valence-corrected chi connectivity index (χ0v) is 16.7. The van der Waals surface area contributed by atoms with Crippen LogP contribution in [0, 0.1) is 0 Å². The smallest absolute Gasteiger partial charge is 0.248 e. The fourth-order valence-electron chi connectivity index (χ4n) is 3.37. The van der Waals surface area contributed by atoms with Gasteiger partial charge in [-0.05, 0) is 56.2 Å².